The molecule has 1 aromatic rings. The molecule has 1 N–H and O–H groups in total. The van der Waals surface area contributed by atoms with E-state index < -0.39 is 0 Å². The molecule has 1 aromatic carbocycles. The van der Waals surface area contributed by atoms with Crippen molar-refractivity contribution in [2.75, 3.05) is 46.3 Å². The van der Waals surface area contributed by atoms with Gasteiger partial charge >= 0.3 is 0 Å². The van der Waals surface area contributed by atoms with Gasteiger partial charge in [-0.15, -0.1) is 0 Å². The fourth-order valence-corrected chi connectivity index (χ4v) is 4.12. The minimum Gasteiger partial charge on any atom is -0.454 e. The van der Waals surface area contributed by atoms with Crippen molar-refractivity contribution in [3.8, 4) is 11.5 Å². The molecular weight excluding hydrogens is 398 g/mol. The number of fused-ring (bicyclic) bond motifs is 7. The molecule has 4 aliphatic rings. The van der Waals surface area contributed by atoms with Gasteiger partial charge < -0.3 is 24.4 Å². The maximum absolute atomic E-state index is 12.7. The van der Waals surface area contributed by atoms with E-state index in [2.05, 4.69) is 23.4 Å². The first-order valence-electron chi connectivity index (χ1n) is 10.7. The number of ether oxygens (including phenoxy) is 3. The first-order valence-corrected chi connectivity index (χ1v) is 10.7. The zero-order valence-corrected chi connectivity index (χ0v) is 17.7. The molecule has 1 amide bonds. The highest BCUT2D eigenvalue weighted by Gasteiger charge is 2.38. The number of benzene rings is 1. The fourth-order valence-electron chi connectivity index (χ4n) is 4.12. The number of amides is 1. The molecule has 2 bridgehead atoms. The molecule has 0 aromatic heterocycles. The number of hydrogen-bond donors (Lipinski definition) is 1. The molecule has 1 saturated heterocycles. The van der Waals surface area contributed by atoms with Crippen LogP contribution >= 0.6 is 0 Å². The van der Waals surface area contributed by atoms with Gasteiger partial charge in [-0.05, 0) is 19.0 Å². The molecule has 9 heteroatoms. The largest absolute Gasteiger partial charge is 0.454 e. The zero-order valence-electron chi connectivity index (χ0n) is 17.7. The van der Waals surface area contributed by atoms with Crippen LogP contribution in [0.25, 0.3) is 0 Å². The Kier molecular flexibility index (Phi) is 5.61. The first kappa shape index (κ1) is 20.0. The Bertz CT molecular complexity index is 957. The maximum atomic E-state index is 12.7. The van der Waals surface area contributed by atoms with Gasteiger partial charge in [-0.2, -0.15) is 0 Å². The normalized spacial score (nSPS) is 23.9. The second-order valence-electron chi connectivity index (χ2n) is 8.09. The number of aliphatic imine (C=N–C) groups is 2. The number of nitrogens with one attached hydrogen (secondary N) is 1. The summed E-state index contributed by atoms with van der Waals surface area (Å²) in [6.07, 6.45) is 4.87. The number of hydrogen-bond acceptors (Lipinski definition) is 8. The van der Waals surface area contributed by atoms with Crippen LogP contribution in [0.2, 0.25) is 0 Å². The maximum Gasteiger partial charge on any atom is 0.249 e. The van der Waals surface area contributed by atoms with E-state index in [0.29, 0.717) is 62.5 Å². The van der Waals surface area contributed by atoms with Crippen LogP contribution in [0.4, 0.5) is 5.69 Å². The van der Waals surface area contributed by atoms with Gasteiger partial charge in [0.15, 0.2) is 11.5 Å². The quantitative estimate of drug-likeness (QED) is 0.680. The monoisotopic (exact) mass is 425 g/mol. The van der Waals surface area contributed by atoms with E-state index in [9.17, 15) is 4.79 Å². The molecule has 5 rings (SSSR count). The molecule has 0 spiro atoms. The topological polar surface area (TPSA) is 88.0 Å². The summed E-state index contributed by atoms with van der Waals surface area (Å²) >= 11 is 0. The van der Waals surface area contributed by atoms with Gasteiger partial charge in [-0.1, -0.05) is 13.0 Å². The highest BCUT2D eigenvalue weighted by molar-refractivity contribution is 6.11. The lowest BCUT2D eigenvalue weighted by atomic mass is 10.00. The van der Waals surface area contributed by atoms with Crippen molar-refractivity contribution in [2.45, 2.75) is 19.9 Å². The van der Waals surface area contributed by atoms with Crippen LogP contribution in [-0.2, 0) is 16.1 Å². The van der Waals surface area contributed by atoms with Crippen LogP contribution in [0.1, 0.15) is 18.9 Å². The van der Waals surface area contributed by atoms with Gasteiger partial charge in [0.25, 0.3) is 0 Å². The summed E-state index contributed by atoms with van der Waals surface area (Å²) < 4.78 is 17.3. The van der Waals surface area contributed by atoms with Crippen LogP contribution < -0.4 is 14.8 Å². The number of carbonyl (C=O) groups excluding carboxylic acids is 1. The molecule has 31 heavy (non-hydrogen) atoms. The average molecular weight is 425 g/mol. The lowest BCUT2D eigenvalue weighted by Crippen LogP contribution is -2.39. The number of carbonyl (C=O) groups is 1. The van der Waals surface area contributed by atoms with E-state index >= 15 is 0 Å². The Balaban J connectivity index is 1.60. The van der Waals surface area contributed by atoms with Gasteiger partial charge in [0.2, 0.25) is 12.7 Å². The summed E-state index contributed by atoms with van der Waals surface area (Å²) in [6.45, 7) is 6.46. The molecule has 1 atom stereocenters. The smallest absolute Gasteiger partial charge is 0.249 e. The Morgan fingerprint density at radius 3 is 3.13 bits per heavy atom. The SMILES string of the molecule is CC1COCCCNCC=NCc2ccc3c(c2N=C2C1=CN1CC(=O)N2C1)OCO3. The summed E-state index contributed by atoms with van der Waals surface area (Å²) in [4.78, 5) is 26.0. The van der Waals surface area contributed by atoms with E-state index in [0.717, 1.165) is 24.1 Å². The second kappa shape index (κ2) is 8.68. The van der Waals surface area contributed by atoms with Crippen LogP contribution in [0.5, 0.6) is 11.5 Å². The van der Waals surface area contributed by atoms with Gasteiger partial charge in [-0.25, -0.2) is 4.99 Å². The van der Waals surface area contributed by atoms with E-state index in [4.69, 9.17) is 19.2 Å². The third-order valence-corrected chi connectivity index (χ3v) is 5.78. The van der Waals surface area contributed by atoms with Gasteiger partial charge in [-0.3, -0.25) is 14.7 Å². The van der Waals surface area contributed by atoms with Gasteiger partial charge in [0, 0.05) is 42.6 Å². The average Bonchev–Trinajstić information content (AvgIpc) is 3.36. The van der Waals surface area contributed by atoms with Gasteiger partial charge in [0.05, 0.1) is 26.4 Å². The minimum atomic E-state index is 0.0444. The lowest BCUT2D eigenvalue weighted by Gasteiger charge is -2.30. The Morgan fingerprint density at radius 2 is 2.19 bits per heavy atom. The molecule has 164 valence electrons. The molecule has 9 nitrogen and oxygen atoms in total. The van der Waals surface area contributed by atoms with E-state index in [1.165, 1.54) is 0 Å². The van der Waals surface area contributed by atoms with Crippen molar-refractivity contribution in [2.24, 2.45) is 15.9 Å². The third kappa shape index (κ3) is 4.03. The van der Waals surface area contributed by atoms with Crippen LogP contribution in [0.15, 0.2) is 33.9 Å². The lowest BCUT2D eigenvalue weighted by molar-refractivity contribution is -0.123. The summed E-state index contributed by atoms with van der Waals surface area (Å²) in [5.41, 5.74) is 2.60. The molecule has 1 fully saturated rings. The molecule has 4 heterocycles. The third-order valence-electron chi connectivity index (χ3n) is 5.78. The van der Waals surface area contributed by atoms with Gasteiger partial charge in [0.1, 0.15) is 11.5 Å². The standard InChI is InChI=1S/C22H27N5O4/c1-15-12-29-8-2-5-23-6-7-24-9-16-3-4-18-21(31-14-30-18)20(16)25-22-17(15)10-26-11-19(28)27(22)13-26/h3-4,7,10,15,23H,2,5-6,8-9,11-14H2,1H3. The molecule has 1 unspecified atom stereocenters. The Morgan fingerprint density at radius 1 is 1.26 bits per heavy atom. The molecule has 0 aliphatic carbocycles. The summed E-state index contributed by atoms with van der Waals surface area (Å²) in [5.74, 6) is 2.07. The molecule has 0 saturated carbocycles. The summed E-state index contributed by atoms with van der Waals surface area (Å²) in [5, 5.41) is 3.35. The van der Waals surface area contributed by atoms with Crippen molar-refractivity contribution in [1.29, 1.82) is 0 Å². The summed E-state index contributed by atoms with van der Waals surface area (Å²) in [7, 11) is 0. The van der Waals surface area contributed by atoms with E-state index in [1.807, 2.05) is 23.2 Å². The molecule has 4 aliphatic heterocycles. The number of nitrogens with zero attached hydrogens (tertiary/aromatic N) is 4. The second-order valence-corrected chi connectivity index (χ2v) is 8.09. The minimum absolute atomic E-state index is 0.0444. The zero-order chi connectivity index (χ0) is 21.2. The fraction of sp³-hybridized carbons (Fsp3) is 0.500. The van der Waals surface area contributed by atoms with Crippen molar-refractivity contribution in [3.05, 3.63) is 29.5 Å². The predicted octanol–water partition coefficient (Wildman–Crippen LogP) is 1.66. The van der Waals surface area contributed by atoms with Crippen molar-refractivity contribution >= 4 is 23.6 Å². The highest BCUT2D eigenvalue weighted by atomic mass is 16.7. The first-order chi connectivity index (χ1) is 15.2. The number of amidine groups is 1. The van der Waals surface area contributed by atoms with Crippen molar-refractivity contribution < 1.29 is 19.0 Å². The van der Waals surface area contributed by atoms with Crippen molar-refractivity contribution in [1.82, 2.24) is 15.1 Å². The van der Waals surface area contributed by atoms with Crippen LogP contribution in [-0.4, -0.2) is 74.1 Å². The van der Waals surface area contributed by atoms with Crippen molar-refractivity contribution in [3.63, 3.8) is 0 Å². The van der Waals surface area contributed by atoms with Crippen LogP contribution in [0.3, 0.4) is 0 Å². The molecule has 0 radical (unpaired) electrons. The van der Waals surface area contributed by atoms with E-state index in [-0.39, 0.29) is 18.6 Å². The molecular formula is C22H27N5O4. The summed E-state index contributed by atoms with van der Waals surface area (Å²) in [6, 6.07) is 3.86. The highest BCUT2D eigenvalue weighted by Crippen LogP contribution is 2.44. The van der Waals surface area contributed by atoms with Crippen LogP contribution in [0, 0.1) is 5.92 Å². The predicted molar refractivity (Wildman–Crippen MR) is 116 cm³/mol. The van der Waals surface area contributed by atoms with E-state index in [1.54, 1.807) is 4.90 Å². The Hall–Kier alpha value is -2.91. The number of rotatable bonds is 0. The Labute approximate surface area is 181 Å².